The molecular formula is C21H23N5O2. The first-order chi connectivity index (χ1) is 13.6. The van der Waals surface area contributed by atoms with Crippen molar-refractivity contribution in [1.82, 2.24) is 20.1 Å². The summed E-state index contributed by atoms with van der Waals surface area (Å²) in [6, 6.07) is 15.1. The highest BCUT2D eigenvalue weighted by molar-refractivity contribution is 6.00. The minimum atomic E-state index is -0.101. The molecule has 144 valence electrons. The second-order valence-electron chi connectivity index (χ2n) is 6.87. The van der Waals surface area contributed by atoms with E-state index >= 15 is 0 Å². The van der Waals surface area contributed by atoms with Crippen molar-refractivity contribution < 1.29 is 9.53 Å². The first kappa shape index (κ1) is 18.0. The van der Waals surface area contributed by atoms with E-state index < -0.39 is 0 Å². The maximum absolute atomic E-state index is 12.9. The first-order valence-electron chi connectivity index (χ1n) is 9.33. The van der Waals surface area contributed by atoms with Crippen molar-refractivity contribution >= 4 is 17.3 Å². The standard InChI is InChI=1S/C21H23N5O2/c1-14-22-20-11-10-16(13-26(20)25-14)24-21(27)18-8-3-4-9-19(18)23-15-6-5-7-17(12-15)28-2/h3-9,12,16,23H,10-11,13H2,1-2H3,(H,24,27). The van der Waals surface area contributed by atoms with Crippen LogP contribution in [0.15, 0.2) is 48.5 Å². The number of aryl methyl sites for hydroxylation is 2. The van der Waals surface area contributed by atoms with Crippen LogP contribution in [0.5, 0.6) is 5.75 Å². The quantitative estimate of drug-likeness (QED) is 0.714. The molecule has 0 bridgehead atoms. The highest BCUT2D eigenvalue weighted by atomic mass is 16.5. The van der Waals surface area contributed by atoms with E-state index in [1.54, 1.807) is 7.11 Å². The zero-order chi connectivity index (χ0) is 19.5. The van der Waals surface area contributed by atoms with Gasteiger partial charge < -0.3 is 15.4 Å². The Kier molecular flexibility index (Phi) is 4.97. The Morgan fingerprint density at radius 1 is 1.21 bits per heavy atom. The Labute approximate surface area is 163 Å². The van der Waals surface area contributed by atoms with Crippen molar-refractivity contribution in [3.05, 3.63) is 65.7 Å². The van der Waals surface area contributed by atoms with E-state index in [-0.39, 0.29) is 11.9 Å². The number of aromatic nitrogens is 3. The number of rotatable bonds is 5. The van der Waals surface area contributed by atoms with E-state index in [0.717, 1.165) is 41.6 Å². The van der Waals surface area contributed by atoms with Gasteiger partial charge in [-0.2, -0.15) is 5.10 Å². The average molecular weight is 377 g/mol. The molecule has 0 radical (unpaired) electrons. The highest BCUT2D eigenvalue weighted by Gasteiger charge is 2.23. The van der Waals surface area contributed by atoms with Crippen molar-refractivity contribution in [2.45, 2.75) is 32.4 Å². The van der Waals surface area contributed by atoms with Gasteiger partial charge in [0.05, 0.1) is 24.9 Å². The third kappa shape index (κ3) is 3.83. The Bertz CT molecular complexity index is 998. The molecule has 3 aromatic rings. The summed E-state index contributed by atoms with van der Waals surface area (Å²) in [7, 11) is 1.63. The van der Waals surface area contributed by atoms with Crippen LogP contribution >= 0.6 is 0 Å². The van der Waals surface area contributed by atoms with E-state index in [1.807, 2.05) is 60.1 Å². The molecule has 2 aromatic carbocycles. The van der Waals surface area contributed by atoms with Gasteiger partial charge in [-0.05, 0) is 37.6 Å². The molecule has 4 rings (SSSR count). The summed E-state index contributed by atoms with van der Waals surface area (Å²) in [6.45, 7) is 2.53. The van der Waals surface area contributed by atoms with Gasteiger partial charge in [-0.25, -0.2) is 9.67 Å². The maximum atomic E-state index is 12.9. The highest BCUT2D eigenvalue weighted by Crippen LogP contribution is 2.24. The van der Waals surface area contributed by atoms with Crippen molar-refractivity contribution in [1.29, 1.82) is 0 Å². The van der Waals surface area contributed by atoms with E-state index in [1.165, 1.54) is 0 Å². The fourth-order valence-electron chi connectivity index (χ4n) is 3.46. The molecule has 0 spiro atoms. The summed E-state index contributed by atoms with van der Waals surface area (Å²) in [5.41, 5.74) is 2.22. The number of nitrogens with zero attached hydrogens (tertiary/aromatic N) is 3. The number of benzene rings is 2. The van der Waals surface area contributed by atoms with Gasteiger partial charge in [0.15, 0.2) is 0 Å². The Morgan fingerprint density at radius 3 is 2.93 bits per heavy atom. The van der Waals surface area contributed by atoms with Crippen LogP contribution in [0.3, 0.4) is 0 Å². The number of carbonyl (C=O) groups is 1. The molecule has 0 fully saturated rings. The number of carbonyl (C=O) groups excluding carboxylic acids is 1. The number of nitrogens with one attached hydrogen (secondary N) is 2. The summed E-state index contributed by atoms with van der Waals surface area (Å²) < 4.78 is 7.16. The molecule has 1 aromatic heterocycles. The Balaban J connectivity index is 1.49. The lowest BCUT2D eigenvalue weighted by Crippen LogP contribution is -2.41. The molecule has 28 heavy (non-hydrogen) atoms. The molecule has 1 unspecified atom stereocenters. The van der Waals surface area contributed by atoms with Gasteiger partial charge in [-0.1, -0.05) is 18.2 Å². The van der Waals surface area contributed by atoms with E-state index in [9.17, 15) is 4.79 Å². The summed E-state index contributed by atoms with van der Waals surface area (Å²) >= 11 is 0. The van der Waals surface area contributed by atoms with Gasteiger partial charge in [-0.3, -0.25) is 4.79 Å². The largest absolute Gasteiger partial charge is 0.497 e. The van der Waals surface area contributed by atoms with Crippen molar-refractivity contribution in [2.24, 2.45) is 0 Å². The lowest BCUT2D eigenvalue weighted by atomic mass is 10.1. The van der Waals surface area contributed by atoms with Crippen molar-refractivity contribution in [2.75, 3.05) is 12.4 Å². The smallest absolute Gasteiger partial charge is 0.253 e. The fraction of sp³-hybridized carbons (Fsp3) is 0.286. The topological polar surface area (TPSA) is 81.1 Å². The maximum Gasteiger partial charge on any atom is 0.253 e. The number of hydrogen-bond acceptors (Lipinski definition) is 5. The zero-order valence-corrected chi connectivity index (χ0v) is 16.0. The molecule has 1 amide bonds. The molecule has 0 aliphatic carbocycles. The minimum Gasteiger partial charge on any atom is -0.497 e. The SMILES string of the molecule is COc1cccc(Nc2ccccc2C(=O)NC2CCc3nc(C)nn3C2)c1. The van der Waals surface area contributed by atoms with Crippen LogP contribution in [0.4, 0.5) is 11.4 Å². The van der Waals surface area contributed by atoms with Crippen molar-refractivity contribution in [3.8, 4) is 5.75 Å². The summed E-state index contributed by atoms with van der Waals surface area (Å²) in [5, 5.41) is 10.9. The second kappa shape index (κ2) is 7.72. The van der Waals surface area contributed by atoms with Crippen molar-refractivity contribution in [3.63, 3.8) is 0 Å². The van der Waals surface area contributed by atoms with Gasteiger partial charge in [0, 0.05) is 24.2 Å². The van der Waals surface area contributed by atoms with Gasteiger partial charge in [0.2, 0.25) is 0 Å². The number of fused-ring (bicyclic) bond motifs is 1. The van der Waals surface area contributed by atoms with Gasteiger partial charge in [0.1, 0.15) is 17.4 Å². The number of anilines is 2. The second-order valence-corrected chi connectivity index (χ2v) is 6.87. The van der Waals surface area contributed by atoms with Crippen LogP contribution in [0, 0.1) is 6.92 Å². The van der Waals surface area contributed by atoms with E-state index in [4.69, 9.17) is 4.74 Å². The number of amides is 1. The molecule has 7 nitrogen and oxygen atoms in total. The number of methoxy groups -OCH3 is 1. The lowest BCUT2D eigenvalue weighted by Gasteiger charge is -2.24. The predicted molar refractivity (Wildman–Crippen MR) is 107 cm³/mol. The summed E-state index contributed by atoms with van der Waals surface area (Å²) in [4.78, 5) is 17.4. The van der Waals surface area contributed by atoms with Crippen LogP contribution in [-0.4, -0.2) is 33.8 Å². The lowest BCUT2D eigenvalue weighted by molar-refractivity contribution is 0.0927. The zero-order valence-electron chi connectivity index (χ0n) is 16.0. The van der Waals surface area contributed by atoms with E-state index in [0.29, 0.717) is 12.1 Å². The van der Waals surface area contributed by atoms with Crippen LogP contribution < -0.4 is 15.4 Å². The third-order valence-corrected chi connectivity index (χ3v) is 4.82. The summed E-state index contributed by atoms with van der Waals surface area (Å²) in [5.74, 6) is 2.42. The van der Waals surface area contributed by atoms with Crippen LogP contribution in [-0.2, 0) is 13.0 Å². The Morgan fingerprint density at radius 2 is 2.07 bits per heavy atom. The summed E-state index contributed by atoms with van der Waals surface area (Å²) in [6.07, 6.45) is 1.67. The van der Waals surface area contributed by atoms with Crippen LogP contribution in [0.2, 0.25) is 0 Å². The fourth-order valence-corrected chi connectivity index (χ4v) is 3.46. The Hall–Kier alpha value is -3.35. The molecule has 1 aliphatic heterocycles. The molecule has 1 aliphatic rings. The minimum absolute atomic E-state index is 0.0333. The number of hydrogen-bond donors (Lipinski definition) is 2. The molecule has 0 saturated heterocycles. The molecule has 7 heteroatoms. The van der Waals surface area contributed by atoms with Crippen LogP contribution in [0.25, 0.3) is 0 Å². The van der Waals surface area contributed by atoms with Crippen LogP contribution in [0.1, 0.15) is 28.4 Å². The monoisotopic (exact) mass is 377 g/mol. The molecular weight excluding hydrogens is 354 g/mol. The van der Waals surface area contributed by atoms with Gasteiger partial charge in [-0.15, -0.1) is 0 Å². The first-order valence-corrected chi connectivity index (χ1v) is 9.33. The molecule has 2 N–H and O–H groups in total. The molecule has 0 saturated carbocycles. The molecule has 1 atom stereocenters. The number of ether oxygens (including phenoxy) is 1. The molecule has 2 heterocycles. The number of para-hydroxylation sites is 1. The normalized spacial score (nSPS) is 15.6. The predicted octanol–water partition coefficient (Wildman–Crippen LogP) is 3.08. The third-order valence-electron chi connectivity index (χ3n) is 4.82. The van der Waals surface area contributed by atoms with Gasteiger partial charge in [0.25, 0.3) is 5.91 Å². The van der Waals surface area contributed by atoms with E-state index in [2.05, 4.69) is 20.7 Å². The average Bonchev–Trinajstić information content (AvgIpc) is 3.08. The van der Waals surface area contributed by atoms with Gasteiger partial charge >= 0.3 is 0 Å².